The average Bonchev–Trinajstić information content (AvgIpc) is 2.48. The standard InChI is InChI=1S/C14H20N2O6/c1-7(18)16-11-13(20)12(19)10(6-17)22-14(11)21-9-4-2-8(15)3-5-9/h2-5,10-14,17,19-20H,6,15H2,1H3,(H,16,18). The number of nitrogens with two attached hydrogens (primary N) is 1. The van der Waals surface area contributed by atoms with Crippen LogP contribution in [-0.2, 0) is 9.53 Å². The van der Waals surface area contributed by atoms with Gasteiger partial charge in [-0.1, -0.05) is 0 Å². The van der Waals surface area contributed by atoms with E-state index >= 15 is 0 Å². The minimum atomic E-state index is -1.34. The molecule has 5 unspecified atom stereocenters. The second-order valence-corrected chi connectivity index (χ2v) is 5.12. The van der Waals surface area contributed by atoms with Gasteiger partial charge in [-0.05, 0) is 24.3 Å². The summed E-state index contributed by atoms with van der Waals surface area (Å²) in [5.41, 5.74) is 6.14. The van der Waals surface area contributed by atoms with Crippen molar-refractivity contribution in [2.45, 2.75) is 37.6 Å². The van der Waals surface area contributed by atoms with Crippen LogP contribution in [0.2, 0.25) is 0 Å². The zero-order chi connectivity index (χ0) is 16.3. The van der Waals surface area contributed by atoms with Crippen LogP contribution >= 0.6 is 0 Å². The van der Waals surface area contributed by atoms with E-state index in [1.165, 1.54) is 6.92 Å². The molecule has 122 valence electrons. The second kappa shape index (κ2) is 6.93. The molecule has 6 N–H and O–H groups in total. The van der Waals surface area contributed by atoms with E-state index in [9.17, 15) is 20.1 Å². The highest BCUT2D eigenvalue weighted by atomic mass is 16.7. The number of nitrogen functional groups attached to an aromatic ring is 1. The van der Waals surface area contributed by atoms with Crippen LogP contribution in [0, 0.1) is 0 Å². The van der Waals surface area contributed by atoms with Gasteiger partial charge in [0.15, 0.2) is 0 Å². The van der Waals surface area contributed by atoms with E-state index in [2.05, 4.69) is 5.32 Å². The lowest BCUT2D eigenvalue weighted by Crippen LogP contribution is -2.65. The topological polar surface area (TPSA) is 134 Å². The predicted molar refractivity (Wildman–Crippen MR) is 76.8 cm³/mol. The highest BCUT2D eigenvalue weighted by molar-refractivity contribution is 5.73. The summed E-state index contributed by atoms with van der Waals surface area (Å²) in [6.07, 6.45) is -4.76. The zero-order valence-corrected chi connectivity index (χ0v) is 12.0. The molecule has 1 fully saturated rings. The smallest absolute Gasteiger partial charge is 0.223 e. The largest absolute Gasteiger partial charge is 0.463 e. The molecule has 0 aromatic heterocycles. The molecule has 0 saturated carbocycles. The second-order valence-electron chi connectivity index (χ2n) is 5.12. The van der Waals surface area contributed by atoms with Crippen molar-refractivity contribution in [3.63, 3.8) is 0 Å². The molecular formula is C14H20N2O6. The number of amides is 1. The number of carbonyl (C=O) groups is 1. The molecule has 0 aliphatic carbocycles. The molecule has 2 rings (SSSR count). The fourth-order valence-electron chi connectivity index (χ4n) is 2.25. The third-order valence-electron chi connectivity index (χ3n) is 3.38. The molecule has 1 aromatic carbocycles. The molecule has 0 spiro atoms. The van der Waals surface area contributed by atoms with Crippen molar-refractivity contribution >= 4 is 11.6 Å². The summed E-state index contributed by atoms with van der Waals surface area (Å²) in [5, 5.41) is 31.7. The number of aliphatic hydroxyl groups is 3. The van der Waals surface area contributed by atoms with Gasteiger partial charge in [-0.15, -0.1) is 0 Å². The molecule has 1 aliphatic rings. The number of rotatable bonds is 4. The lowest BCUT2D eigenvalue weighted by molar-refractivity contribution is -0.244. The van der Waals surface area contributed by atoms with Gasteiger partial charge in [0.05, 0.1) is 6.61 Å². The summed E-state index contributed by atoms with van der Waals surface area (Å²) in [5.74, 6) is 0.00281. The zero-order valence-electron chi connectivity index (χ0n) is 12.0. The van der Waals surface area contributed by atoms with Crippen molar-refractivity contribution in [2.75, 3.05) is 12.3 Å². The minimum Gasteiger partial charge on any atom is -0.463 e. The maximum Gasteiger partial charge on any atom is 0.223 e. The van der Waals surface area contributed by atoms with Gasteiger partial charge in [0, 0.05) is 12.6 Å². The van der Waals surface area contributed by atoms with Crippen molar-refractivity contribution in [2.24, 2.45) is 0 Å². The molecule has 8 nitrogen and oxygen atoms in total. The lowest BCUT2D eigenvalue weighted by Gasteiger charge is -2.42. The third kappa shape index (κ3) is 3.66. The molecule has 22 heavy (non-hydrogen) atoms. The first kappa shape index (κ1) is 16.5. The molecule has 1 saturated heterocycles. The fraction of sp³-hybridized carbons (Fsp3) is 0.500. The molecule has 8 heteroatoms. The van der Waals surface area contributed by atoms with E-state index < -0.39 is 43.2 Å². The first-order valence-electron chi connectivity index (χ1n) is 6.84. The van der Waals surface area contributed by atoms with Crippen molar-refractivity contribution in [3.05, 3.63) is 24.3 Å². The average molecular weight is 312 g/mol. The van der Waals surface area contributed by atoms with E-state index in [1.807, 2.05) is 0 Å². The Bertz CT molecular complexity index is 509. The van der Waals surface area contributed by atoms with Gasteiger partial charge < -0.3 is 35.8 Å². The van der Waals surface area contributed by atoms with Crippen molar-refractivity contribution in [3.8, 4) is 5.75 Å². The van der Waals surface area contributed by atoms with E-state index in [0.717, 1.165) is 0 Å². The van der Waals surface area contributed by atoms with Crippen LogP contribution in [0.25, 0.3) is 0 Å². The molecule has 5 atom stereocenters. The van der Waals surface area contributed by atoms with E-state index in [0.29, 0.717) is 11.4 Å². The van der Waals surface area contributed by atoms with Gasteiger partial charge >= 0.3 is 0 Å². The van der Waals surface area contributed by atoms with Crippen LogP contribution in [0.15, 0.2) is 24.3 Å². The first-order valence-corrected chi connectivity index (χ1v) is 6.84. The number of anilines is 1. The highest BCUT2D eigenvalue weighted by Crippen LogP contribution is 2.24. The monoisotopic (exact) mass is 312 g/mol. The van der Waals surface area contributed by atoms with E-state index in [4.69, 9.17) is 15.2 Å². The maximum atomic E-state index is 11.3. The third-order valence-corrected chi connectivity index (χ3v) is 3.38. The van der Waals surface area contributed by atoms with Gasteiger partial charge in [-0.25, -0.2) is 0 Å². The Morgan fingerprint density at radius 3 is 2.50 bits per heavy atom. The van der Waals surface area contributed by atoms with Crippen molar-refractivity contribution in [1.29, 1.82) is 0 Å². The summed E-state index contributed by atoms with van der Waals surface area (Å²) in [4.78, 5) is 11.3. The van der Waals surface area contributed by atoms with E-state index in [1.54, 1.807) is 24.3 Å². The quantitative estimate of drug-likeness (QED) is 0.431. The normalized spacial score (nSPS) is 31.5. The van der Waals surface area contributed by atoms with E-state index in [-0.39, 0.29) is 0 Å². The summed E-state index contributed by atoms with van der Waals surface area (Å²) < 4.78 is 11.0. The first-order chi connectivity index (χ1) is 10.4. The molecular weight excluding hydrogens is 292 g/mol. The van der Waals surface area contributed by atoms with Gasteiger partial charge in [-0.2, -0.15) is 0 Å². The Balaban J connectivity index is 2.18. The number of ether oxygens (including phenoxy) is 2. The van der Waals surface area contributed by atoms with Crippen LogP contribution in [0.1, 0.15) is 6.92 Å². The summed E-state index contributed by atoms with van der Waals surface area (Å²) in [6, 6.07) is 5.48. The number of aliphatic hydroxyl groups excluding tert-OH is 3. The molecule has 1 amide bonds. The van der Waals surface area contributed by atoms with Crippen molar-refractivity contribution in [1.82, 2.24) is 5.32 Å². The maximum absolute atomic E-state index is 11.3. The summed E-state index contributed by atoms with van der Waals surface area (Å²) in [7, 11) is 0. The highest BCUT2D eigenvalue weighted by Gasteiger charge is 2.46. The molecule has 1 aromatic rings. The number of hydrogen-bond acceptors (Lipinski definition) is 7. The molecule has 0 radical (unpaired) electrons. The van der Waals surface area contributed by atoms with Crippen LogP contribution in [0.4, 0.5) is 5.69 Å². The summed E-state index contributed by atoms with van der Waals surface area (Å²) >= 11 is 0. The van der Waals surface area contributed by atoms with Crippen LogP contribution in [0.5, 0.6) is 5.75 Å². The Kier molecular flexibility index (Phi) is 5.19. The van der Waals surface area contributed by atoms with Crippen molar-refractivity contribution < 1.29 is 29.6 Å². The Morgan fingerprint density at radius 1 is 1.32 bits per heavy atom. The number of hydrogen-bond donors (Lipinski definition) is 5. The van der Waals surface area contributed by atoms with Crippen LogP contribution in [-0.4, -0.2) is 58.5 Å². The van der Waals surface area contributed by atoms with Crippen LogP contribution < -0.4 is 15.8 Å². The fourth-order valence-corrected chi connectivity index (χ4v) is 2.25. The molecule has 0 bridgehead atoms. The van der Waals surface area contributed by atoms with Gasteiger partial charge in [-0.3, -0.25) is 4.79 Å². The van der Waals surface area contributed by atoms with Gasteiger partial charge in [0.1, 0.15) is 30.1 Å². The SMILES string of the molecule is CC(=O)NC1C(Oc2ccc(N)cc2)OC(CO)C(O)C1O. The van der Waals surface area contributed by atoms with Crippen LogP contribution in [0.3, 0.4) is 0 Å². The number of nitrogens with one attached hydrogen (secondary N) is 1. The Morgan fingerprint density at radius 2 is 1.95 bits per heavy atom. The Labute approximate surface area is 127 Å². The minimum absolute atomic E-state index is 0.409. The predicted octanol–water partition coefficient (Wildman–Crippen LogP) is -1.41. The van der Waals surface area contributed by atoms with Gasteiger partial charge in [0.25, 0.3) is 0 Å². The Hall–Kier alpha value is -1.87. The lowest BCUT2D eigenvalue weighted by atomic mass is 9.97. The molecule has 1 aliphatic heterocycles. The molecule has 1 heterocycles. The summed E-state index contributed by atoms with van der Waals surface area (Å²) in [6.45, 7) is 0.782. The number of carbonyl (C=O) groups excluding carboxylic acids is 1. The van der Waals surface area contributed by atoms with Gasteiger partial charge in [0.2, 0.25) is 12.2 Å². The number of benzene rings is 1.